The van der Waals surface area contributed by atoms with E-state index in [2.05, 4.69) is 22.4 Å². The molecule has 2 atom stereocenters. The second-order valence-corrected chi connectivity index (χ2v) is 5.91. The van der Waals surface area contributed by atoms with Gasteiger partial charge < -0.3 is 10.1 Å². The molecule has 1 aliphatic heterocycles. The number of aromatic nitrogens is 1. The number of hydrogen-bond acceptors (Lipinski definition) is 3. The molecule has 1 saturated heterocycles. The van der Waals surface area contributed by atoms with Crippen molar-refractivity contribution in [2.24, 2.45) is 0 Å². The minimum Gasteiger partial charge on any atom is -0.368 e. The first-order valence-electron chi connectivity index (χ1n) is 8.16. The van der Waals surface area contributed by atoms with Crippen molar-refractivity contribution in [2.45, 2.75) is 31.3 Å². The fourth-order valence-corrected chi connectivity index (χ4v) is 2.96. The summed E-state index contributed by atoms with van der Waals surface area (Å²) < 4.78 is 5.45. The zero-order valence-corrected chi connectivity index (χ0v) is 13.2. The van der Waals surface area contributed by atoms with E-state index < -0.39 is 0 Å². The lowest BCUT2D eigenvalue weighted by Gasteiger charge is -2.19. The Hall–Kier alpha value is -2.20. The van der Waals surface area contributed by atoms with Crippen molar-refractivity contribution in [3.8, 4) is 0 Å². The maximum atomic E-state index is 12.2. The minimum atomic E-state index is -0.271. The highest BCUT2D eigenvalue weighted by atomic mass is 16.5. The minimum absolute atomic E-state index is 0.0122. The Bertz CT molecular complexity index is 610. The van der Waals surface area contributed by atoms with Crippen molar-refractivity contribution in [1.29, 1.82) is 0 Å². The van der Waals surface area contributed by atoms with Gasteiger partial charge in [0.05, 0.1) is 0 Å². The van der Waals surface area contributed by atoms with Crippen LogP contribution in [-0.2, 0) is 16.0 Å². The molecule has 0 bridgehead atoms. The van der Waals surface area contributed by atoms with E-state index in [1.54, 1.807) is 0 Å². The van der Waals surface area contributed by atoms with Crippen LogP contribution < -0.4 is 5.32 Å². The second-order valence-electron chi connectivity index (χ2n) is 5.91. The first-order valence-corrected chi connectivity index (χ1v) is 8.16. The van der Waals surface area contributed by atoms with E-state index in [4.69, 9.17) is 4.74 Å². The molecular formula is C19H22N2O2. The van der Waals surface area contributed by atoms with Gasteiger partial charge in [0.1, 0.15) is 6.10 Å². The Labute approximate surface area is 136 Å². The van der Waals surface area contributed by atoms with E-state index in [9.17, 15) is 4.79 Å². The molecule has 1 amide bonds. The van der Waals surface area contributed by atoms with Crippen molar-refractivity contribution < 1.29 is 9.53 Å². The van der Waals surface area contributed by atoms with E-state index in [1.165, 1.54) is 11.1 Å². The summed E-state index contributed by atoms with van der Waals surface area (Å²) in [6, 6.07) is 14.4. The fraction of sp³-hybridized carbons (Fsp3) is 0.368. The van der Waals surface area contributed by atoms with Crippen LogP contribution in [0.15, 0.2) is 54.9 Å². The highest BCUT2D eigenvalue weighted by molar-refractivity contribution is 5.81. The van der Waals surface area contributed by atoms with Crippen LogP contribution in [0.4, 0.5) is 0 Å². The number of hydrogen-bond donors (Lipinski definition) is 1. The van der Waals surface area contributed by atoms with Crippen LogP contribution >= 0.6 is 0 Å². The Morgan fingerprint density at radius 2 is 2.00 bits per heavy atom. The summed E-state index contributed by atoms with van der Waals surface area (Å²) in [6.07, 6.45) is 6.01. The van der Waals surface area contributed by atoms with Crippen molar-refractivity contribution in [2.75, 3.05) is 13.2 Å². The molecule has 3 rings (SSSR count). The van der Waals surface area contributed by atoms with Crippen LogP contribution in [0.1, 0.15) is 29.9 Å². The molecule has 23 heavy (non-hydrogen) atoms. The Morgan fingerprint density at radius 1 is 1.22 bits per heavy atom. The van der Waals surface area contributed by atoms with Gasteiger partial charge in [0.15, 0.2) is 0 Å². The van der Waals surface area contributed by atoms with E-state index in [1.807, 2.05) is 42.7 Å². The fourth-order valence-electron chi connectivity index (χ4n) is 2.96. The predicted molar refractivity (Wildman–Crippen MR) is 89.1 cm³/mol. The summed E-state index contributed by atoms with van der Waals surface area (Å²) in [5.74, 6) is 0.252. The third-order valence-electron chi connectivity index (χ3n) is 4.25. The van der Waals surface area contributed by atoms with Gasteiger partial charge in [0.2, 0.25) is 5.91 Å². The van der Waals surface area contributed by atoms with Gasteiger partial charge in [-0.15, -0.1) is 0 Å². The lowest BCUT2D eigenvalue weighted by molar-refractivity contribution is -0.130. The number of benzene rings is 1. The molecule has 1 aromatic carbocycles. The average molecular weight is 310 g/mol. The maximum absolute atomic E-state index is 12.2. The molecule has 0 aliphatic carbocycles. The van der Waals surface area contributed by atoms with E-state index in [0.717, 1.165) is 19.3 Å². The average Bonchev–Trinajstić information content (AvgIpc) is 3.15. The molecule has 2 aromatic rings. The number of nitrogens with one attached hydrogen (secondary N) is 1. The zero-order chi connectivity index (χ0) is 15.9. The predicted octanol–water partition coefficient (Wildman–Crippen LogP) is 2.70. The molecule has 0 spiro atoms. The van der Waals surface area contributed by atoms with Crippen LogP contribution in [-0.4, -0.2) is 30.1 Å². The third-order valence-corrected chi connectivity index (χ3v) is 4.25. The number of amides is 1. The van der Waals surface area contributed by atoms with Crippen molar-refractivity contribution >= 4 is 5.91 Å². The Morgan fingerprint density at radius 3 is 2.70 bits per heavy atom. The summed E-state index contributed by atoms with van der Waals surface area (Å²) >= 11 is 0. The molecular weight excluding hydrogens is 288 g/mol. The molecule has 0 saturated carbocycles. The molecule has 0 radical (unpaired) electrons. The van der Waals surface area contributed by atoms with Crippen LogP contribution in [0.3, 0.4) is 0 Å². The molecule has 2 unspecified atom stereocenters. The molecule has 2 heterocycles. The van der Waals surface area contributed by atoms with Crippen LogP contribution in [0.25, 0.3) is 0 Å². The van der Waals surface area contributed by atoms with Gasteiger partial charge in [-0.3, -0.25) is 9.78 Å². The second kappa shape index (κ2) is 7.88. The lowest BCUT2D eigenvalue weighted by Crippen LogP contribution is -2.37. The zero-order valence-electron chi connectivity index (χ0n) is 13.2. The van der Waals surface area contributed by atoms with E-state index in [-0.39, 0.29) is 17.9 Å². The van der Waals surface area contributed by atoms with Crippen LogP contribution in [0, 0.1) is 0 Å². The summed E-state index contributed by atoms with van der Waals surface area (Å²) in [5, 5.41) is 3.06. The highest BCUT2D eigenvalue weighted by Crippen LogP contribution is 2.20. The number of ether oxygens (including phenoxy) is 1. The molecule has 120 valence electrons. The molecule has 4 nitrogen and oxygen atoms in total. The molecule has 1 fully saturated rings. The highest BCUT2D eigenvalue weighted by Gasteiger charge is 2.24. The van der Waals surface area contributed by atoms with Crippen molar-refractivity contribution in [3.05, 3.63) is 66.0 Å². The van der Waals surface area contributed by atoms with Crippen LogP contribution in [0.5, 0.6) is 0 Å². The number of rotatable bonds is 6. The first kappa shape index (κ1) is 15.7. The van der Waals surface area contributed by atoms with Gasteiger partial charge in [0, 0.05) is 31.5 Å². The quantitative estimate of drug-likeness (QED) is 0.892. The largest absolute Gasteiger partial charge is 0.368 e. The number of carbonyl (C=O) groups excluding carboxylic acids is 1. The number of pyridine rings is 1. The third kappa shape index (κ3) is 4.39. The van der Waals surface area contributed by atoms with Crippen molar-refractivity contribution in [3.63, 3.8) is 0 Å². The molecule has 1 N–H and O–H groups in total. The van der Waals surface area contributed by atoms with Crippen molar-refractivity contribution in [1.82, 2.24) is 10.3 Å². The van der Waals surface area contributed by atoms with Gasteiger partial charge in [-0.1, -0.05) is 30.3 Å². The number of nitrogens with zero attached hydrogens (tertiary/aromatic N) is 1. The van der Waals surface area contributed by atoms with E-state index in [0.29, 0.717) is 13.2 Å². The molecule has 4 heteroatoms. The topological polar surface area (TPSA) is 51.2 Å². The van der Waals surface area contributed by atoms with Gasteiger partial charge in [-0.25, -0.2) is 0 Å². The van der Waals surface area contributed by atoms with Gasteiger partial charge in [0.25, 0.3) is 0 Å². The van der Waals surface area contributed by atoms with Gasteiger partial charge in [-0.05, 0) is 42.5 Å². The monoisotopic (exact) mass is 310 g/mol. The molecule has 1 aromatic heterocycles. The maximum Gasteiger partial charge on any atom is 0.249 e. The van der Waals surface area contributed by atoms with Gasteiger partial charge in [-0.2, -0.15) is 0 Å². The Balaban J connectivity index is 1.66. The Kier molecular flexibility index (Phi) is 5.37. The van der Waals surface area contributed by atoms with Crippen LogP contribution in [0.2, 0.25) is 0 Å². The standard InChI is InChI=1S/C19H22N2O2/c22-19(18-7-4-12-23-18)21-14-17(16-5-2-1-3-6-16)13-15-8-10-20-11-9-15/h1-3,5-6,8-11,17-18H,4,7,12-14H2,(H,21,22). The van der Waals surface area contributed by atoms with E-state index >= 15 is 0 Å². The summed E-state index contributed by atoms with van der Waals surface area (Å²) in [6.45, 7) is 1.31. The summed E-state index contributed by atoms with van der Waals surface area (Å²) in [5.41, 5.74) is 2.46. The smallest absolute Gasteiger partial charge is 0.249 e. The summed E-state index contributed by atoms with van der Waals surface area (Å²) in [4.78, 5) is 16.3. The SMILES string of the molecule is O=C(NCC(Cc1ccncc1)c1ccccc1)C1CCCO1. The number of carbonyl (C=O) groups is 1. The summed E-state index contributed by atoms with van der Waals surface area (Å²) in [7, 11) is 0. The first-order chi connectivity index (χ1) is 11.3. The molecule has 1 aliphatic rings. The normalized spacial score (nSPS) is 18.5. The lowest BCUT2D eigenvalue weighted by atomic mass is 9.92. The van der Waals surface area contributed by atoms with Gasteiger partial charge >= 0.3 is 0 Å².